The number of sulfone groups is 1. The number of amides is 1. The zero-order valence-electron chi connectivity index (χ0n) is 13.0. The Bertz CT molecular complexity index is 918. The van der Waals surface area contributed by atoms with E-state index in [1.807, 2.05) is 0 Å². The van der Waals surface area contributed by atoms with Gasteiger partial charge in [0.2, 0.25) is 9.84 Å². The number of carbonyl (C=O) groups is 2. The molecule has 1 fully saturated rings. The Morgan fingerprint density at radius 3 is 2.62 bits per heavy atom. The standard InChI is InChI=1S/C15H12N2O5S.Na/c1-8-9(2)23(21,22)14-11(7-10-5-3-4-6-16-10)13(18)17(14)12(8)15(19)20;/h3-7,14H,2H2,1H3,(H,19,20);/q;+1/p-1/b11-7-;/t14-;/m1./s1. The molecule has 118 valence electrons. The van der Waals surface area contributed by atoms with E-state index in [1.54, 1.807) is 18.2 Å². The quantitative estimate of drug-likeness (QED) is 0.311. The largest absolute Gasteiger partial charge is 1.00 e. The van der Waals surface area contributed by atoms with Crippen LogP contribution in [0.4, 0.5) is 0 Å². The molecule has 0 spiro atoms. The van der Waals surface area contributed by atoms with E-state index in [9.17, 15) is 23.1 Å². The summed E-state index contributed by atoms with van der Waals surface area (Å²) in [6.45, 7) is 4.73. The zero-order chi connectivity index (χ0) is 16.9. The normalized spacial score (nSPS) is 23.5. The van der Waals surface area contributed by atoms with Gasteiger partial charge in [-0.05, 0) is 30.7 Å². The molecule has 1 aromatic rings. The molecule has 1 amide bonds. The summed E-state index contributed by atoms with van der Waals surface area (Å²) in [5.41, 5.74) is -0.196. The smallest absolute Gasteiger partial charge is 0.543 e. The number of aliphatic carboxylic acids is 1. The SMILES string of the molecule is C=C1C(C)=C(C(=O)[O-])N2C(=O)/C(=C/c3ccccn3)[C@H]2S1(=O)=O.[Na+]. The summed E-state index contributed by atoms with van der Waals surface area (Å²) in [5.74, 6) is -2.32. The number of β-lactam (4-membered cyclic amide) rings is 1. The van der Waals surface area contributed by atoms with Gasteiger partial charge in [0, 0.05) is 6.20 Å². The van der Waals surface area contributed by atoms with Crippen molar-refractivity contribution in [3.63, 3.8) is 0 Å². The van der Waals surface area contributed by atoms with Gasteiger partial charge in [-0.3, -0.25) is 14.7 Å². The first-order valence-corrected chi connectivity index (χ1v) is 8.13. The van der Waals surface area contributed by atoms with Gasteiger partial charge < -0.3 is 9.90 Å². The summed E-state index contributed by atoms with van der Waals surface area (Å²) in [7, 11) is -3.95. The van der Waals surface area contributed by atoms with Gasteiger partial charge >= 0.3 is 29.6 Å². The van der Waals surface area contributed by atoms with Crippen molar-refractivity contribution in [2.24, 2.45) is 0 Å². The fraction of sp³-hybridized carbons (Fsp3) is 0.133. The van der Waals surface area contributed by atoms with Crippen LogP contribution in [-0.4, -0.2) is 35.6 Å². The maximum Gasteiger partial charge on any atom is 1.00 e. The molecule has 3 rings (SSSR count). The van der Waals surface area contributed by atoms with Crippen LogP contribution in [0.2, 0.25) is 0 Å². The first-order chi connectivity index (χ1) is 10.8. The van der Waals surface area contributed by atoms with Crippen LogP contribution in [0.25, 0.3) is 6.08 Å². The second-order valence-electron chi connectivity index (χ2n) is 5.11. The van der Waals surface area contributed by atoms with Crippen molar-refractivity contribution in [1.82, 2.24) is 9.88 Å². The van der Waals surface area contributed by atoms with Crippen LogP contribution in [0.3, 0.4) is 0 Å². The topological polar surface area (TPSA) is 107 Å². The van der Waals surface area contributed by atoms with Crippen molar-refractivity contribution in [1.29, 1.82) is 0 Å². The van der Waals surface area contributed by atoms with Crippen molar-refractivity contribution in [3.05, 3.63) is 58.4 Å². The van der Waals surface area contributed by atoms with E-state index in [1.165, 1.54) is 19.2 Å². The van der Waals surface area contributed by atoms with E-state index in [0.717, 1.165) is 4.90 Å². The average molecular weight is 354 g/mol. The number of allylic oxidation sites excluding steroid dienone is 1. The summed E-state index contributed by atoms with van der Waals surface area (Å²) in [5, 5.41) is 9.89. The fourth-order valence-corrected chi connectivity index (χ4v) is 4.39. The number of hydrogen-bond acceptors (Lipinski definition) is 6. The van der Waals surface area contributed by atoms with Crippen molar-refractivity contribution in [2.75, 3.05) is 0 Å². The van der Waals surface area contributed by atoms with Gasteiger partial charge in [0.1, 0.15) is 0 Å². The van der Waals surface area contributed by atoms with Gasteiger partial charge in [0.15, 0.2) is 5.37 Å². The summed E-state index contributed by atoms with van der Waals surface area (Å²) in [6.07, 6.45) is 2.83. The molecule has 0 aromatic carbocycles. The molecule has 0 saturated carbocycles. The molecule has 7 nitrogen and oxygen atoms in total. The zero-order valence-corrected chi connectivity index (χ0v) is 15.8. The Morgan fingerprint density at radius 1 is 1.42 bits per heavy atom. The predicted octanol–water partition coefficient (Wildman–Crippen LogP) is -3.40. The van der Waals surface area contributed by atoms with Crippen LogP contribution in [0.5, 0.6) is 0 Å². The van der Waals surface area contributed by atoms with Crippen molar-refractivity contribution >= 4 is 27.8 Å². The molecule has 0 radical (unpaired) electrons. The van der Waals surface area contributed by atoms with Gasteiger partial charge in [0.25, 0.3) is 5.91 Å². The molecular formula is C15H11N2NaO5S. The minimum Gasteiger partial charge on any atom is -0.543 e. The Hall–Kier alpha value is -1.74. The molecule has 0 N–H and O–H groups in total. The number of carbonyl (C=O) groups excluding carboxylic acids is 2. The maximum atomic E-state index is 12.5. The number of fused-ring (bicyclic) bond motifs is 1. The van der Waals surface area contributed by atoms with Gasteiger partial charge in [-0.25, -0.2) is 8.42 Å². The number of carboxylic acids is 1. The number of aromatic nitrogens is 1. The predicted molar refractivity (Wildman–Crippen MR) is 78.6 cm³/mol. The molecule has 0 aliphatic carbocycles. The van der Waals surface area contributed by atoms with E-state index in [2.05, 4.69) is 11.6 Å². The van der Waals surface area contributed by atoms with Gasteiger partial charge in [-0.1, -0.05) is 12.6 Å². The van der Waals surface area contributed by atoms with Crippen molar-refractivity contribution in [2.45, 2.75) is 12.3 Å². The Kier molecular flexibility index (Phi) is 4.87. The third-order valence-corrected chi connectivity index (χ3v) is 5.85. The van der Waals surface area contributed by atoms with Crippen LogP contribution in [0.1, 0.15) is 12.6 Å². The second kappa shape index (κ2) is 6.29. The third kappa shape index (κ3) is 2.55. The second-order valence-corrected chi connectivity index (χ2v) is 7.14. The minimum atomic E-state index is -3.95. The van der Waals surface area contributed by atoms with Gasteiger partial charge in [-0.2, -0.15) is 0 Å². The molecule has 1 aromatic heterocycles. The third-order valence-electron chi connectivity index (χ3n) is 3.80. The van der Waals surface area contributed by atoms with E-state index >= 15 is 0 Å². The van der Waals surface area contributed by atoms with Crippen molar-refractivity contribution in [3.8, 4) is 0 Å². The first-order valence-electron chi connectivity index (χ1n) is 6.58. The molecule has 2 aliphatic rings. The number of nitrogens with zero attached hydrogens (tertiary/aromatic N) is 2. The molecule has 0 unspecified atom stereocenters. The summed E-state index contributed by atoms with van der Waals surface area (Å²) >= 11 is 0. The van der Waals surface area contributed by atoms with Gasteiger partial charge in [-0.15, -0.1) is 0 Å². The summed E-state index contributed by atoms with van der Waals surface area (Å²) < 4.78 is 25.0. The van der Waals surface area contributed by atoms with E-state index in [0.29, 0.717) is 5.69 Å². The molecule has 24 heavy (non-hydrogen) atoms. The Labute approximate surface area is 160 Å². The molecule has 3 heterocycles. The number of carboxylic acid groups (broad SMARTS) is 1. The Morgan fingerprint density at radius 2 is 2.08 bits per heavy atom. The Balaban J connectivity index is 0.00000208. The minimum absolute atomic E-state index is 0. The van der Waals surface area contributed by atoms with E-state index in [-0.39, 0.29) is 45.6 Å². The number of hydrogen-bond donors (Lipinski definition) is 0. The molecule has 1 atom stereocenters. The van der Waals surface area contributed by atoms with E-state index < -0.39 is 32.8 Å². The van der Waals surface area contributed by atoms with Crippen LogP contribution in [0.15, 0.2) is 52.7 Å². The molecule has 2 aliphatic heterocycles. The van der Waals surface area contributed by atoms with Crippen LogP contribution in [-0.2, 0) is 19.4 Å². The van der Waals surface area contributed by atoms with Crippen LogP contribution < -0.4 is 34.7 Å². The van der Waals surface area contributed by atoms with Crippen LogP contribution in [0, 0.1) is 0 Å². The summed E-state index contributed by atoms with van der Waals surface area (Å²) in [4.78, 5) is 28.0. The molecular weight excluding hydrogens is 343 g/mol. The number of pyridine rings is 1. The van der Waals surface area contributed by atoms with Gasteiger partial charge in [0.05, 0.1) is 27.8 Å². The summed E-state index contributed by atoms with van der Waals surface area (Å²) in [6, 6.07) is 4.97. The average Bonchev–Trinajstić information content (AvgIpc) is 2.51. The number of rotatable bonds is 2. The van der Waals surface area contributed by atoms with Crippen molar-refractivity contribution < 1.29 is 52.7 Å². The molecule has 1 saturated heterocycles. The fourth-order valence-electron chi connectivity index (χ4n) is 2.61. The van der Waals surface area contributed by atoms with E-state index in [4.69, 9.17) is 0 Å². The molecule has 9 heteroatoms. The molecule has 0 bridgehead atoms. The maximum absolute atomic E-state index is 12.5. The monoisotopic (exact) mass is 354 g/mol. The first kappa shape index (κ1) is 18.6. The van der Waals surface area contributed by atoms with Crippen LogP contribution >= 0.6 is 0 Å².